The first-order valence-corrected chi connectivity index (χ1v) is 9.20. The van der Waals surface area contributed by atoms with Crippen LogP contribution in [0.4, 0.5) is 28.9 Å². The van der Waals surface area contributed by atoms with E-state index in [1.165, 1.54) is 17.0 Å². The van der Waals surface area contributed by atoms with E-state index >= 15 is 0 Å². The normalized spacial score (nSPS) is 18.8. The van der Waals surface area contributed by atoms with Gasteiger partial charge in [0.1, 0.15) is 18.5 Å². The third kappa shape index (κ3) is 5.43. The summed E-state index contributed by atoms with van der Waals surface area (Å²) in [5.41, 5.74) is 5.68. The van der Waals surface area contributed by atoms with Crippen LogP contribution in [0, 0.1) is 5.82 Å². The summed E-state index contributed by atoms with van der Waals surface area (Å²) in [4.78, 5) is 26.8. The number of hydrogen-bond donors (Lipinski definition) is 2. The SMILES string of the molecule is NC[C@H](C(=O)Nc1ccc(N2CCOCC2=O)cc1F)N(CC(F)(F)F)C1CC1. The molecule has 1 aromatic carbocycles. The minimum atomic E-state index is -4.48. The van der Waals surface area contributed by atoms with Gasteiger partial charge >= 0.3 is 6.18 Å². The van der Waals surface area contributed by atoms with Gasteiger partial charge in [-0.05, 0) is 31.0 Å². The van der Waals surface area contributed by atoms with Gasteiger partial charge in [0.05, 0.1) is 18.8 Å². The monoisotopic (exact) mass is 418 g/mol. The third-order valence-electron chi connectivity index (χ3n) is 4.81. The second kappa shape index (κ2) is 8.64. The highest BCUT2D eigenvalue weighted by molar-refractivity contribution is 5.97. The van der Waals surface area contributed by atoms with Gasteiger partial charge in [0, 0.05) is 24.8 Å². The lowest BCUT2D eigenvalue weighted by atomic mass is 10.2. The van der Waals surface area contributed by atoms with Gasteiger partial charge in [0.2, 0.25) is 5.91 Å². The number of carbonyl (C=O) groups excluding carboxylic acids is 2. The average Bonchev–Trinajstić information content (AvgIpc) is 3.48. The zero-order chi connectivity index (χ0) is 21.2. The van der Waals surface area contributed by atoms with E-state index in [1.807, 2.05) is 0 Å². The maximum Gasteiger partial charge on any atom is 0.401 e. The summed E-state index contributed by atoms with van der Waals surface area (Å²) in [6.45, 7) is -1.10. The summed E-state index contributed by atoms with van der Waals surface area (Å²) < 4.78 is 58.2. The van der Waals surface area contributed by atoms with Crippen LogP contribution >= 0.6 is 0 Å². The molecule has 2 fully saturated rings. The van der Waals surface area contributed by atoms with Crippen LogP contribution in [0.5, 0.6) is 0 Å². The largest absolute Gasteiger partial charge is 0.401 e. The van der Waals surface area contributed by atoms with E-state index in [2.05, 4.69) is 5.32 Å². The molecule has 29 heavy (non-hydrogen) atoms. The number of carbonyl (C=O) groups is 2. The number of ether oxygens (including phenoxy) is 1. The van der Waals surface area contributed by atoms with Crippen LogP contribution in [-0.4, -0.2) is 67.8 Å². The standard InChI is InChI=1S/C18H22F4N4O3/c19-13-7-12(25-5-6-29-9-16(25)27)3-4-14(13)24-17(28)15(8-23)26(11-1-2-11)10-18(20,21)22/h3-4,7,11,15H,1-2,5-6,8-10,23H2,(H,24,28)/t15-/m1/s1. The topological polar surface area (TPSA) is 87.9 Å². The Morgan fingerprint density at radius 2 is 2.10 bits per heavy atom. The van der Waals surface area contributed by atoms with E-state index in [0.29, 0.717) is 25.1 Å². The zero-order valence-electron chi connectivity index (χ0n) is 15.5. The Balaban J connectivity index is 1.72. The maximum absolute atomic E-state index is 14.5. The Kier molecular flexibility index (Phi) is 6.39. The van der Waals surface area contributed by atoms with Gasteiger partial charge in [-0.3, -0.25) is 14.5 Å². The van der Waals surface area contributed by atoms with Gasteiger partial charge in [-0.15, -0.1) is 0 Å². The van der Waals surface area contributed by atoms with Gasteiger partial charge < -0.3 is 20.7 Å². The highest BCUT2D eigenvalue weighted by Crippen LogP contribution is 2.32. The number of alkyl halides is 3. The summed E-state index contributed by atoms with van der Waals surface area (Å²) in [5, 5.41) is 2.32. The summed E-state index contributed by atoms with van der Waals surface area (Å²) >= 11 is 0. The van der Waals surface area contributed by atoms with Crippen LogP contribution in [0.1, 0.15) is 12.8 Å². The highest BCUT2D eigenvalue weighted by Gasteiger charge is 2.43. The Labute approximate surface area is 164 Å². The highest BCUT2D eigenvalue weighted by atomic mass is 19.4. The number of amides is 2. The quantitative estimate of drug-likeness (QED) is 0.655. The van der Waals surface area contributed by atoms with Crippen LogP contribution < -0.4 is 16.0 Å². The molecule has 7 nitrogen and oxygen atoms in total. The average molecular weight is 418 g/mol. The molecule has 3 N–H and O–H groups in total. The molecular weight excluding hydrogens is 396 g/mol. The summed E-state index contributed by atoms with van der Waals surface area (Å²) in [7, 11) is 0. The molecule has 0 spiro atoms. The molecule has 1 aromatic rings. The van der Waals surface area contributed by atoms with Gasteiger partial charge in [0.25, 0.3) is 5.91 Å². The number of anilines is 2. The van der Waals surface area contributed by atoms with E-state index in [0.717, 1.165) is 11.0 Å². The first-order chi connectivity index (χ1) is 13.7. The zero-order valence-corrected chi connectivity index (χ0v) is 15.5. The Hall–Kier alpha value is -2.24. The molecule has 1 heterocycles. The Bertz CT molecular complexity index is 770. The van der Waals surface area contributed by atoms with Crippen LogP contribution in [0.3, 0.4) is 0 Å². The molecule has 0 aromatic heterocycles. The molecule has 0 radical (unpaired) electrons. The van der Waals surface area contributed by atoms with Crippen molar-refractivity contribution in [2.75, 3.05) is 43.1 Å². The molecule has 11 heteroatoms. The van der Waals surface area contributed by atoms with Crippen molar-refractivity contribution in [2.24, 2.45) is 5.73 Å². The van der Waals surface area contributed by atoms with Crippen molar-refractivity contribution in [3.8, 4) is 0 Å². The Morgan fingerprint density at radius 1 is 1.38 bits per heavy atom. The van der Waals surface area contributed by atoms with Crippen molar-refractivity contribution < 1.29 is 31.9 Å². The number of benzene rings is 1. The molecule has 3 rings (SSSR count). The van der Waals surface area contributed by atoms with Crippen molar-refractivity contribution >= 4 is 23.2 Å². The minimum Gasteiger partial charge on any atom is -0.370 e. The number of halogens is 4. The first-order valence-electron chi connectivity index (χ1n) is 9.20. The van der Waals surface area contributed by atoms with Crippen LogP contribution in [0.15, 0.2) is 18.2 Å². The third-order valence-corrected chi connectivity index (χ3v) is 4.81. The van der Waals surface area contributed by atoms with Gasteiger partial charge in [-0.1, -0.05) is 0 Å². The summed E-state index contributed by atoms with van der Waals surface area (Å²) in [5.74, 6) is -1.93. The van der Waals surface area contributed by atoms with E-state index in [1.54, 1.807) is 0 Å². The van der Waals surface area contributed by atoms with Crippen molar-refractivity contribution in [1.82, 2.24) is 4.90 Å². The van der Waals surface area contributed by atoms with Crippen molar-refractivity contribution in [1.29, 1.82) is 0 Å². The Morgan fingerprint density at radius 3 is 2.66 bits per heavy atom. The molecule has 2 amide bonds. The lowest BCUT2D eigenvalue weighted by Gasteiger charge is -2.31. The number of rotatable bonds is 7. The first kappa shape index (κ1) is 21.5. The predicted molar refractivity (Wildman–Crippen MR) is 96.8 cm³/mol. The molecule has 0 bridgehead atoms. The van der Waals surface area contributed by atoms with Crippen molar-refractivity contribution in [3.05, 3.63) is 24.0 Å². The van der Waals surface area contributed by atoms with Gasteiger partial charge in [0.15, 0.2) is 0 Å². The summed E-state index contributed by atoms with van der Waals surface area (Å²) in [6.07, 6.45) is -3.37. The minimum absolute atomic E-state index is 0.103. The number of morpholine rings is 1. The molecule has 160 valence electrons. The van der Waals surface area contributed by atoms with Crippen LogP contribution in [0.2, 0.25) is 0 Å². The fraction of sp³-hybridized carbons (Fsp3) is 0.556. The number of nitrogens with one attached hydrogen (secondary N) is 1. The lowest BCUT2D eigenvalue weighted by molar-refractivity contribution is -0.154. The van der Waals surface area contributed by atoms with Crippen LogP contribution in [-0.2, 0) is 14.3 Å². The molecule has 2 aliphatic rings. The molecule has 1 aliphatic heterocycles. The number of nitrogens with zero attached hydrogens (tertiary/aromatic N) is 2. The van der Waals surface area contributed by atoms with Gasteiger partial charge in [-0.25, -0.2) is 4.39 Å². The molecule has 1 aliphatic carbocycles. The lowest BCUT2D eigenvalue weighted by Crippen LogP contribution is -2.52. The second-order valence-electron chi connectivity index (χ2n) is 7.02. The molecule has 0 unspecified atom stereocenters. The van der Waals surface area contributed by atoms with Gasteiger partial charge in [-0.2, -0.15) is 13.2 Å². The van der Waals surface area contributed by atoms with E-state index < -0.39 is 30.5 Å². The fourth-order valence-corrected chi connectivity index (χ4v) is 3.28. The van der Waals surface area contributed by atoms with Crippen molar-refractivity contribution in [3.63, 3.8) is 0 Å². The number of hydrogen-bond acceptors (Lipinski definition) is 5. The molecular formula is C18H22F4N4O3. The smallest absolute Gasteiger partial charge is 0.370 e. The second-order valence-corrected chi connectivity index (χ2v) is 7.02. The maximum atomic E-state index is 14.5. The summed E-state index contributed by atoms with van der Waals surface area (Å²) in [6, 6.07) is 2.21. The number of nitrogens with two attached hydrogens (primary N) is 1. The molecule has 1 saturated carbocycles. The fourth-order valence-electron chi connectivity index (χ4n) is 3.28. The van der Waals surface area contributed by atoms with Crippen molar-refractivity contribution in [2.45, 2.75) is 31.1 Å². The van der Waals surface area contributed by atoms with E-state index in [4.69, 9.17) is 10.5 Å². The van der Waals surface area contributed by atoms with E-state index in [9.17, 15) is 27.2 Å². The predicted octanol–water partition coefficient (Wildman–Crippen LogP) is 1.48. The molecule has 1 saturated heterocycles. The molecule has 1 atom stereocenters. The van der Waals surface area contributed by atoms with Crippen LogP contribution in [0.25, 0.3) is 0 Å². The van der Waals surface area contributed by atoms with E-state index in [-0.39, 0.29) is 37.3 Å².